The zero-order chi connectivity index (χ0) is 10.6. The van der Waals surface area contributed by atoms with Crippen LogP contribution in [0.3, 0.4) is 0 Å². The summed E-state index contributed by atoms with van der Waals surface area (Å²) >= 11 is 1.72. The van der Waals surface area contributed by atoms with Crippen LogP contribution in [0.1, 0.15) is 25.5 Å². The van der Waals surface area contributed by atoms with Gasteiger partial charge in [-0.2, -0.15) is 0 Å². The highest BCUT2D eigenvalue weighted by Gasteiger charge is 2.13. The number of methoxy groups -OCH3 is 1. The van der Waals surface area contributed by atoms with Gasteiger partial charge in [-0.05, 0) is 24.8 Å². The maximum atomic E-state index is 9.65. The Morgan fingerprint density at radius 3 is 2.71 bits per heavy atom. The summed E-state index contributed by atoms with van der Waals surface area (Å²) in [4.78, 5) is 1.10. The van der Waals surface area contributed by atoms with E-state index in [2.05, 4.69) is 6.92 Å². The van der Waals surface area contributed by atoms with Crippen LogP contribution in [-0.4, -0.2) is 18.0 Å². The Hall–Kier alpha value is -0.670. The van der Waals surface area contributed by atoms with Gasteiger partial charge in [0.2, 0.25) is 0 Å². The third-order valence-electron chi connectivity index (χ3n) is 1.96. The minimum atomic E-state index is -0.486. The molecule has 14 heavy (non-hydrogen) atoms. The molecule has 3 heteroatoms. The van der Waals surface area contributed by atoms with Gasteiger partial charge < -0.3 is 9.84 Å². The number of ether oxygens (including phenoxy) is 1. The third kappa shape index (κ3) is 2.42. The molecule has 0 spiro atoms. The molecular formula is C11H16O2S. The summed E-state index contributed by atoms with van der Waals surface area (Å²) in [5.41, 5.74) is 0.891. The lowest BCUT2D eigenvalue weighted by Gasteiger charge is -2.14. The molecule has 0 bridgehead atoms. The van der Waals surface area contributed by atoms with Gasteiger partial charge in [-0.1, -0.05) is 13.0 Å². The zero-order valence-electron chi connectivity index (χ0n) is 8.78. The SMILES string of the molecule is CCSc1cccc(OC)c1[C@@H](C)O. The lowest BCUT2D eigenvalue weighted by Crippen LogP contribution is -1.98. The van der Waals surface area contributed by atoms with Crippen molar-refractivity contribution < 1.29 is 9.84 Å². The van der Waals surface area contributed by atoms with Crippen molar-refractivity contribution in [1.82, 2.24) is 0 Å². The molecule has 1 aromatic rings. The van der Waals surface area contributed by atoms with Crippen LogP contribution in [-0.2, 0) is 0 Å². The Balaban J connectivity index is 3.14. The van der Waals surface area contributed by atoms with Crippen molar-refractivity contribution in [2.45, 2.75) is 24.8 Å². The molecule has 0 fully saturated rings. The molecular weight excluding hydrogens is 196 g/mol. The molecule has 0 unspecified atom stereocenters. The maximum Gasteiger partial charge on any atom is 0.125 e. The maximum absolute atomic E-state index is 9.65. The molecule has 1 N–H and O–H groups in total. The van der Waals surface area contributed by atoms with Crippen LogP contribution in [0.5, 0.6) is 5.75 Å². The predicted molar refractivity (Wildman–Crippen MR) is 60.0 cm³/mol. The monoisotopic (exact) mass is 212 g/mol. The predicted octanol–water partition coefficient (Wildman–Crippen LogP) is 2.86. The standard InChI is InChI=1S/C11H16O2S/c1-4-14-10-7-5-6-9(13-3)11(10)8(2)12/h5-8,12H,4H2,1-3H3/t8-/m1/s1. The second-order valence-electron chi connectivity index (χ2n) is 2.98. The van der Waals surface area contributed by atoms with Gasteiger partial charge >= 0.3 is 0 Å². The van der Waals surface area contributed by atoms with Crippen LogP contribution in [0.2, 0.25) is 0 Å². The van der Waals surface area contributed by atoms with Crippen LogP contribution in [0.15, 0.2) is 23.1 Å². The van der Waals surface area contributed by atoms with Crippen molar-refractivity contribution in [1.29, 1.82) is 0 Å². The van der Waals surface area contributed by atoms with Crippen LogP contribution >= 0.6 is 11.8 Å². The normalized spacial score (nSPS) is 12.6. The first-order valence-electron chi connectivity index (χ1n) is 4.68. The summed E-state index contributed by atoms with van der Waals surface area (Å²) in [6.45, 7) is 3.85. The molecule has 0 aliphatic carbocycles. The molecule has 0 heterocycles. The molecule has 1 rings (SSSR count). The van der Waals surface area contributed by atoms with Gasteiger partial charge in [-0.25, -0.2) is 0 Å². The first-order chi connectivity index (χ1) is 6.70. The van der Waals surface area contributed by atoms with Crippen LogP contribution in [0, 0.1) is 0 Å². The number of hydrogen-bond acceptors (Lipinski definition) is 3. The Bertz CT molecular complexity index is 297. The topological polar surface area (TPSA) is 29.5 Å². The summed E-state index contributed by atoms with van der Waals surface area (Å²) in [6, 6.07) is 5.84. The van der Waals surface area contributed by atoms with Crippen LogP contribution in [0.25, 0.3) is 0 Å². The summed E-state index contributed by atoms with van der Waals surface area (Å²) < 4.78 is 5.22. The minimum absolute atomic E-state index is 0.486. The van der Waals surface area contributed by atoms with Crippen molar-refractivity contribution >= 4 is 11.8 Å². The largest absolute Gasteiger partial charge is 0.496 e. The van der Waals surface area contributed by atoms with Gasteiger partial charge in [-0.15, -0.1) is 11.8 Å². The van der Waals surface area contributed by atoms with E-state index in [9.17, 15) is 5.11 Å². The number of hydrogen-bond donors (Lipinski definition) is 1. The van der Waals surface area contributed by atoms with Crippen molar-refractivity contribution in [2.75, 3.05) is 12.9 Å². The Morgan fingerprint density at radius 1 is 1.50 bits per heavy atom. The summed E-state index contributed by atoms with van der Waals surface area (Å²) in [5.74, 6) is 1.76. The smallest absolute Gasteiger partial charge is 0.125 e. The van der Waals surface area contributed by atoms with E-state index in [0.29, 0.717) is 0 Å². The molecule has 78 valence electrons. The van der Waals surface area contributed by atoms with Gasteiger partial charge in [0.05, 0.1) is 13.2 Å². The van der Waals surface area contributed by atoms with Crippen LogP contribution in [0.4, 0.5) is 0 Å². The molecule has 0 radical (unpaired) electrons. The summed E-state index contributed by atoms with van der Waals surface area (Å²) in [7, 11) is 1.63. The number of aliphatic hydroxyl groups excluding tert-OH is 1. The van der Waals surface area contributed by atoms with E-state index in [0.717, 1.165) is 22.0 Å². The number of rotatable bonds is 4. The molecule has 0 saturated carbocycles. The first-order valence-corrected chi connectivity index (χ1v) is 5.67. The molecule has 0 amide bonds. The fourth-order valence-corrected chi connectivity index (χ4v) is 2.31. The van der Waals surface area contributed by atoms with E-state index in [1.165, 1.54) is 0 Å². The van der Waals surface area contributed by atoms with Gasteiger partial charge in [0, 0.05) is 10.5 Å². The molecule has 1 aromatic carbocycles. The molecule has 0 saturated heterocycles. The van der Waals surface area contributed by atoms with E-state index in [-0.39, 0.29) is 0 Å². The third-order valence-corrected chi connectivity index (χ3v) is 2.92. The Morgan fingerprint density at radius 2 is 2.21 bits per heavy atom. The number of benzene rings is 1. The van der Waals surface area contributed by atoms with E-state index < -0.39 is 6.10 Å². The highest BCUT2D eigenvalue weighted by Crippen LogP contribution is 2.34. The van der Waals surface area contributed by atoms with Gasteiger partial charge in [0.15, 0.2) is 0 Å². The number of aliphatic hydroxyl groups is 1. The van der Waals surface area contributed by atoms with Gasteiger partial charge in [0.25, 0.3) is 0 Å². The fraction of sp³-hybridized carbons (Fsp3) is 0.455. The average Bonchev–Trinajstić information content (AvgIpc) is 2.17. The summed E-state index contributed by atoms with van der Waals surface area (Å²) in [5, 5.41) is 9.65. The van der Waals surface area contributed by atoms with E-state index in [1.54, 1.807) is 25.8 Å². The molecule has 0 aliphatic heterocycles. The van der Waals surface area contributed by atoms with E-state index >= 15 is 0 Å². The Labute approximate surface area is 89.3 Å². The quantitative estimate of drug-likeness (QED) is 0.778. The van der Waals surface area contributed by atoms with Gasteiger partial charge in [-0.3, -0.25) is 0 Å². The molecule has 2 nitrogen and oxygen atoms in total. The highest BCUT2D eigenvalue weighted by molar-refractivity contribution is 7.99. The van der Waals surface area contributed by atoms with E-state index in [4.69, 9.17) is 4.74 Å². The van der Waals surface area contributed by atoms with Crippen LogP contribution < -0.4 is 4.74 Å². The fourth-order valence-electron chi connectivity index (χ4n) is 1.40. The van der Waals surface area contributed by atoms with Crippen molar-refractivity contribution in [3.8, 4) is 5.75 Å². The highest BCUT2D eigenvalue weighted by atomic mass is 32.2. The lowest BCUT2D eigenvalue weighted by atomic mass is 10.1. The zero-order valence-corrected chi connectivity index (χ0v) is 9.60. The Kier molecular flexibility index (Phi) is 4.29. The second-order valence-corrected chi connectivity index (χ2v) is 4.29. The minimum Gasteiger partial charge on any atom is -0.496 e. The second kappa shape index (κ2) is 5.27. The van der Waals surface area contributed by atoms with Crippen molar-refractivity contribution in [3.63, 3.8) is 0 Å². The lowest BCUT2D eigenvalue weighted by molar-refractivity contribution is 0.191. The first kappa shape index (κ1) is 11.4. The van der Waals surface area contributed by atoms with Crippen molar-refractivity contribution in [3.05, 3.63) is 23.8 Å². The van der Waals surface area contributed by atoms with Crippen molar-refractivity contribution in [2.24, 2.45) is 0 Å². The average molecular weight is 212 g/mol. The van der Waals surface area contributed by atoms with E-state index in [1.807, 2.05) is 18.2 Å². The molecule has 0 aromatic heterocycles. The molecule has 0 aliphatic rings. The molecule has 1 atom stereocenters. The number of thioether (sulfide) groups is 1. The summed E-state index contributed by atoms with van der Waals surface area (Å²) in [6.07, 6.45) is -0.486. The van der Waals surface area contributed by atoms with Gasteiger partial charge in [0.1, 0.15) is 5.75 Å².